The van der Waals surface area contributed by atoms with Crippen LogP contribution in [0.1, 0.15) is 91.2 Å². The molecule has 14 nitrogen and oxygen atoms in total. The highest BCUT2D eigenvalue weighted by molar-refractivity contribution is 7.91. The number of ether oxygens (including phenoxy) is 4. The number of rotatable bonds is 11. The van der Waals surface area contributed by atoms with E-state index in [0.717, 1.165) is 18.1 Å². The quantitative estimate of drug-likeness (QED) is 0.145. The third-order valence-corrected chi connectivity index (χ3v) is 15.0. The van der Waals surface area contributed by atoms with E-state index in [-0.39, 0.29) is 36.6 Å². The number of nitrogens with one attached hydrogen (secondary N) is 1. The van der Waals surface area contributed by atoms with Gasteiger partial charge in [0.25, 0.3) is 0 Å². The fourth-order valence-electron chi connectivity index (χ4n) is 8.48. The molecule has 2 saturated carbocycles. The lowest BCUT2D eigenvalue weighted by Crippen LogP contribution is -2.49. The Labute approximate surface area is 365 Å². The Bertz CT molecular complexity index is 2300. The highest BCUT2D eigenvalue weighted by Crippen LogP contribution is 2.58. The summed E-state index contributed by atoms with van der Waals surface area (Å²) in [6.45, 7) is 3.78. The van der Waals surface area contributed by atoms with Crippen molar-refractivity contribution in [2.45, 2.75) is 120 Å². The van der Waals surface area contributed by atoms with Crippen LogP contribution in [0, 0.1) is 34.9 Å². The average molecular weight is 937 g/mol. The number of fused-ring (bicyclic) bond motifs is 3. The molecule has 4 aliphatic rings. The van der Waals surface area contributed by atoms with E-state index in [1.807, 2.05) is 6.92 Å². The SMILES string of the molecule is COC[C@@H]1C[C@H](C)CC/C=C\[C@@H]2C[C@@]2(C(=O)NS(=O)(=O)C2(C)CC2)CC(=O)[C@@H]2C[C@@H](Oc3nc4cc(OC)c(F)cc4nc3C(F)(F)F)CN2C(=O)[C@H]1CC(=O)OC(C)(C)C(F)(F)F. The first-order chi connectivity index (χ1) is 29.6. The maximum atomic E-state index is 15.0. The number of ketones is 1. The Hall–Kier alpha value is -4.60. The molecule has 1 N–H and O–H groups in total. The molecule has 0 bridgehead atoms. The van der Waals surface area contributed by atoms with Crippen LogP contribution in [0.4, 0.5) is 30.7 Å². The smallest absolute Gasteiger partial charge is 0.438 e. The molecule has 22 heteroatoms. The number of halogens is 7. The predicted molar refractivity (Wildman–Crippen MR) is 212 cm³/mol. The van der Waals surface area contributed by atoms with Crippen LogP contribution in [0.3, 0.4) is 0 Å². The van der Waals surface area contributed by atoms with Gasteiger partial charge in [0, 0.05) is 38.7 Å². The Morgan fingerprint density at radius 3 is 2.30 bits per heavy atom. The lowest BCUT2D eigenvalue weighted by atomic mass is 9.81. The maximum Gasteiger partial charge on any atom is 0.438 e. The lowest BCUT2D eigenvalue weighted by molar-refractivity contribution is -0.257. The number of carbonyl (C=O) groups is 4. The summed E-state index contributed by atoms with van der Waals surface area (Å²) in [7, 11) is -1.74. The van der Waals surface area contributed by atoms with Gasteiger partial charge in [-0.2, -0.15) is 26.3 Å². The summed E-state index contributed by atoms with van der Waals surface area (Å²) in [6, 6.07) is 0.106. The summed E-state index contributed by atoms with van der Waals surface area (Å²) in [5.41, 5.74) is -7.01. The molecule has 2 amide bonds. The fourth-order valence-corrected chi connectivity index (χ4v) is 9.81. The highest BCUT2D eigenvalue weighted by Gasteiger charge is 2.63. The van der Waals surface area contributed by atoms with Crippen LogP contribution in [0.2, 0.25) is 0 Å². The second kappa shape index (κ2) is 17.7. The first-order valence-corrected chi connectivity index (χ1v) is 22.3. The summed E-state index contributed by atoms with van der Waals surface area (Å²) < 4.78 is 148. The number of Topliss-reactive ketones (excluding diaryl/α,β-unsaturated/α-hetero) is 1. The number of hydrogen-bond acceptors (Lipinski definition) is 12. The molecule has 0 unspecified atom stereocenters. The fraction of sp³-hybridized carbons (Fsp3) is 0.667. The van der Waals surface area contributed by atoms with Crippen molar-refractivity contribution >= 4 is 44.6 Å². The predicted octanol–water partition coefficient (Wildman–Crippen LogP) is 6.64. The zero-order valence-corrected chi connectivity index (χ0v) is 36.8. The minimum absolute atomic E-state index is 0.0501. The van der Waals surface area contributed by atoms with E-state index >= 15 is 4.79 Å². The number of carbonyl (C=O) groups excluding carboxylic acids is 4. The maximum absolute atomic E-state index is 15.0. The zero-order chi connectivity index (χ0) is 47.4. The average Bonchev–Trinajstić information content (AvgIpc) is 4.06. The topological polar surface area (TPSA) is 180 Å². The molecule has 1 saturated heterocycles. The third kappa shape index (κ3) is 10.1. The van der Waals surface area contributed by atoms with Gasteiger partial charge in [-0.1, -0.05) is 19.1 Å². The van der Waals surface area contributed by atoms with Crippen LogP contribution in [0.5, 0.6) is 11.6 Å². The normalized spacial score (nSPS) is 28.3. The lowest BCUT2D eigenvalue weighted by Gasteiger charge is -2.34. The summed E-state index contributed by atoms with van der Waals surface area (Å²) in [5, 5.41) is 0. The van der Waals surface area contributed by atoms with Crippen molar-refractivity contribution < 1.29 is 77.3 Å². The second-order valence-electron chi connectivity index (χ2n) is 18.2. The van der Waals surface area contributed by atoms with Gasteiger partial charge in [-0.3, -0.25) is 23.9 Å². The molecule has 7 atom stereocenters. The van der Waals surface area contributed by atoms with Gasteiger partial charge in [0.1, 0.15) is 6.10 Å². The second-order valence-corrected chi connectivity index (χ2v) is 20.4. The molecule has 3 fully saturated rings. The molecule has 354 valence electrons. The molecule has 2 aliphatic carbocycles. The van der Waals surface area contributed by atoms with Gasteiger partial charge in [-0.05, 0) is 77.0 Å². The van der Waals surface area contributed by atoms with Crippen molar-refractivity contribution in [1.29, 1.82) is 0 Å². The largest absolute Gasteiger partial charge is 0.494 e. The summed E-state index contributed by atoms with van der Waals surface area (Å²) >= 11 is 0. The number of hydrogen-bond donors (Lipinski definition) is 1. The van der Waals surface area contributed by atoms with Crippen molar-refractivity contribution in [1.82, 2.24) is 19.6 Å². The van der Waals surface area contributed by atoms with Gasteiger partial charge in [0.05, 0.1) is 53.2 Å². The Kier molecular flexibility index (Phi) is 13.5. The number of alkyl halides is 6. The van der Waals surface area contributed by atoms with Crippen LogP contribution in [0.25, 0.3) is 11.0 Å². The monoisotopic (exact) mass is 936 g/mol. The number of esters is 1. The van der Waals surface area contributed by atoms with Crippen LogP contribution in [0.15, 0.2) is 24.3 Å². The van der Waals surface area contributed by atoms with E-state index in [1.165, 1.54) is 14.0 Å². The van der Waals surface area contributed by atoms with Crippen LogP contribution in [-0.4, -0.2) is 103 Å². The van der Waals surface area contributed by atoms with Crippen molar-refractivity contribution in [2.75, 3.05) is 27.4 Å². The molecule has 0 radical (unpaired) electrons. The number of nitrogens with zero attached hydrogens (tertiary/aromatic N) is 3. The molecule has 64 heavy (non-hydrogen) atoms. The van der Waals surface area contributed by atoms with Crippen molar-refractivity contribution in [3.8, 4) is 11.6 Å². The summed E-state index contributed by atoms with van der Waals surface area (Å²) in [6.07, 6.45) is -8.41. The van der Waals surface area contributed by atoms with Gasteiger partial charge in [0.15, 0.2) is 17.3 Å². The van der Waals surface area contributed by atoms with Crippen molar-refractivity contribution in [2.24, 2.45) is 29.1 Å². The minimum atomic E-state index is -5.22. The van der Waals surface area contributed by atoms with Gasteiger partial charge in [-0.25, -0.2) is 22.8 Å². The molecule has 2 aromatic rings. The van der Waals surface area contributed by atoms with E-state index in [0.29, 0.717) is 45.6 Å². The minimum Gasteiger partial charge on any atom is -0.494 e. The molecule has 3 heterocycles. The van der Waals surface area contributed by atoms with E-state index in [4.69, 9.17) is 18.9 Å². The molecule has 2 aliphatic heterocycles. The number of sulfonamides is 1. The van der Waals surface area contributed by atoms with E-state index in [9.17, 15) is 53.5 Å². The molecule has 1 aromatic heterocycles. The van der Waals surface area contributed by atoms with E-state index in [2.05, 4.69) is 14.7 Å². The molecule has 0 spiro atoms. The first-order valence-electron chi connectivity index (χ1n) is 20.8. The molecular weight excluding hydrogens is 886 g/mol. The van der Waals surface area contributed by atoms with Crippen LogP contribution < -0.4 is 14.2 Å². The van der Waals surface area contributed by atoms with Crippen LogP contribution >= 0.6 is 0 Å². The first kappa shape index (κ1) is 48.8. The van der Waals surface area contributed by atoms with Gasteiger partial charge >= 0.3 is 18.3 Å². The number of allylic oxidation sites excluding steroid dienone is 2. The number of methoxy groups -OCH3 is 2. The third-order valence-electron chi connectivity index (χ3n) is 12.9. The number of aromatic nitrogens is 2. The van der Waals surface area contributed by atoms with Gasteiger partial charge in [0.2, 0.25) is 39.0 Å². The van der Waals surface area contributed by atoms with Crippen molar-refractivity contribution in [3.05, 3.63) is 35.8 Å². The molecule has 1 aromatic carbocycles. The Balaban J connectivity index is 1.42. The van der Waals surface area contributed by atoms with Crippen molar-refractivity contribution in [3.63, 3.8) is 0 Å². The Morgan fingerprint density at radius 1 is 1.02 bits per heavy atom. The summed E-state index contributed by atoms with van der Waals surface area (Å²) in [5.74, 6) is -9.76. The van der Waals surface area contributed by atoms with E-state index in [1.54, 1.807) is 12.2 Å². The molecule has 6 rings (SSSR count). The number of amides is 2. The summed E-state index contributed by atoms with van der Waals surface area (Å²) in [4.78, 5) is 65.6. The van der Waals surface area contributed by atoms with Gasteiger partial charge in [-0.15, -0.1) is 0 Å². The van der Waals surface area contributed by atoms with E-state index < -0.39 is 140 Å². The van der Waals surface area contributed by atoms with Crippen LogP contribution in [-0.2, 0) is 44.9 Å². The Morgan fingerprint density at radius 2 is 1.69 bits per heavy atom. The zero-order valence-electron chi connectivity index (χ0n) is 36.0. The highest BCUT2D eigenvalue weighted by atomic mass is 32.2. The van der Waals surface area contributed by atoms with Gasteiger partial charge < -0.3 is 23.8 Å². The number of benzene rings is 1. The molecular formula is C42H51F7N4O10S. The standard InChI is InChI=1S/C42H51F7N4O10S/c1-22-9-7-8-10-24-18-40(24,37(57)52-64(58,59)39(4)11-12-39)19-31(54)30-14-25(62-35-34(41(44,45)46)50-28-16-27(43)32(61-6)17-29(28)51-35)20-53(30)36(56)26(23(13-22)21-60-5)15-33(55)63-38(2,3)42(47,48)49/h8,10,16-17,22-26,30H,7,9,11-15,18-21H2,1-6H3,(H,52,57)/b10-8-/t22-,23+,24-,25-,26+,30+,40-/m1/s1.